The molecule has 1 amide bonds. The number of piperidine rings is 1. The van der Waals surface area contributed by atoms with Gasteiger partial charge >= 0.3 is 6.09 Å². The lowest BCUT2D eigenvalue weighted by Gasteiger charge is -2.43. The zero-order valence-electron chi connectivity index (χ0n) is 22.5. The normalized spacial score (nSPS) is 17.5. The summed E-state index contributed by atoms with van der Waals surface area (Å²) >= 11 is 6.21. The summed E-state index contributed by atoms with van der Waals surface area (Å²) in [5, 5.41) is 12.1. The van der Waals surface area contributed by atoms with E-state index in [9.17, 15) is 9.90 Å². The van der Waals surface area contributed by atoms with E-state index in [1.54, 1.807) is 15.8 Å². The summed E-state index contributed by atoms with van der Waals surface area (Å²) in [6, 6.07) is 11.2. The smallest absolute Gasteiger partial charge is 0.412 e. The SMILES string of the molecule is CC(C)(C)[Si](C)(C)O[C@H](n1cnc2ccc(-c3cccc(Cl)c3)nc21)[C@](C)(O)OC(=O)N1CCCCC1. The van der Waals surface area contributed by atoms with Crippen LogP contribution in [-0.4, -0.2) is 57.8 Å². The van der Waals surface area contributed by atoms with Crippen molar-refractivity contribution in [3.8, 4) is 11.3 Å². The predicted octanol–water partition coefficient (Wildman–Crippen LogP) is 6.60. The molecule has 1 N–H and O–H groups in total. The van der Waals surface area contributed by atoms with Crippen LogP contribution in [0.3, 0.4) is 0 Å². The maximum Gasteiger partial charge on any atom is 0.412 e. The quantitative estimate of drug-likeness (QED) is 0.277. The minimum absolute atomic E-state index is 0.159. The number of carbonyl (C=O) groups excluding carboxylic acids is 1. The van der Waals surface area contributed by atoms with E-state index in [1.165, 1.54) is 6.92 Å². The van der Waals surface area contributed by atoms with Crippen LogP contribution in [-0.2, 0) is 9.16 Å². The number of benzene rings is 1. The van der Waals surface area contributed by atoms with Gasteiger partial charge in [-0.05, 0) is 61.7 Å². The van der Waals surface area contributed by atoms with E-state index in [-0.39, 0.29) is 5.04 Å². The molecule has 0 spiro atoms. The number of halogens is 1. The van der Waals surface area contributed by atoms with Gasteiger partial charge in [0, 0.05) is 30.6 Å². The number of hydrogen-bond acceptors (Lipinski definition) is 6. The average molecular weight is 545 g/mol. The molecule has 0 unspecified atom stereocenters. The summed E-state index contributed by atoms with van der Waals surface area (Å²) in [4.78, 5) is 24.0. The zero-order valence-corrected chi connectivity index (χ0v) is 24.2. The van der Waals surface area contributed by atoms with Gasteiger partial charge < -0.3 is 19.2 Å². The number of fused-ring (bicyclic) bond motifs is 1. The lowest BCUT2D eigenvalue weighted by atomic mass is 10.1. The van der Waals surface area contributed by atoms with Crippen molar-refractivity contribution in [3.63, 3.8) is 0 Å². The Bertz CT molecular complexity index is 1260. The Hall–Kier alpha value is -2.46. The first-order valence-corrected chi connectivity index (χ1v) is 16.0. The van der Waals surface area contributed by atoms with E-state index in [0.717, 1.165) is 24.8 Å². The highest BCUT2D eigenvalue weighted by atomic mass is 35.5. The fraction of sp³-hybridized carbons (Fsp3) is 0.519. The molecule has 2 aromatic heterocycles. The molecule has 3 heterocycles. The highest BCUT2D eigenvalue weighted by Crippen LogP contribution is 2.42. The molecular weight excluding hydrogens is 508 g/mol. The van der Waals surface area contributed by atoms with Gasteiger partial charge in [0.15, 0.2) is 20.2 Å². The van der Waals surface area contributed by atoms with Crippen molar-refractivity contribution in [2.75, 3.05) is 13.1 Å². The minimum atomic E-state index is -2.46. The number of imidazole rings is 1. The summed E-state index contributed by atoms with van der Waals surface area (Å²) < 4.78 is 14.1. The second kappa shape index (κ2) is 10.4. The first kappa shape index (κ1) is 27.6. The third-order valence-electron chi connectivity index (χ3n) is 7.37. The van der Waals surface area contributed by atoms with Crippen LogP contribution in [0, 0.1) is 0 Å². The number of ether oxygens (including phenoxy) is 1. The van der Waals surface area contributed by atoms with E-state index >= 15 is 0 Å². The number of amides is 1. The monoisotopic (exact) mass is 544 g/mol. The topological polar surface area (TPSA) is 89.7 Å². The minimum Gasteiger partial charge on any atom is -0.412 e. The van der Waals surface area contributed by atoms with Crippen molar-refractivity contribution < 1.29 is 19.1 Å². The first-order chi connectivity index (χ1) is 17.3. The summed E-state index contributed by atoms with van der Waals surface area (Å²) in [6.07, 6.45) is 2.89. The molecule has 8 nitrogen and oxygen atoms in total. The Kier molecular flexibility index (Phi) is 7.72. The van der Waals surface area contributed by atoms with Crippen molar-refractivity contribution >= 4 is 37.2 Å². The van der Waals surface area contributed by atoms with Crippen LogP contribution in [0.4, 0.5) is 4.79 Å². The summed E-state index contributed by atoms with van der Waals surface area (Å²) in [6.45, 7) is 13.2. The summed E-state index contributed by atoms with van der Waals surface area (Å²) in [5.41, 5.74) is 2.70. The van der Waals surface area contributed by atoms with Crippen LogP contribution in [0.25, 0.3) is 22.4 Å². The Balaban J connectivity index is 1.77. The standard InChI is InChI=1S/C27H37ClN4O4Si/c1-26(2,3)37(5,6)36-24(27(4,34)35-25(33)31-15-8-7-9-16-31)32-18-29-22-14-13-21(30-23(22)32)19-11-10-12-20(28)17-19/h10-14,17-18,24,34H,7-9,15-16H2,1-6H3/t24-,27+/m0/s1. The third kappa shape index (κ3) is 6.00. The summed E-state index contributed by atoms with van der Waals surface area (Å²) in [7, 11) is -2.46. The van der Waals surface area contributed by atoms with Gasteiger partial charge in [-0.15, -0.1) is 0 Å². The average Bonchev–Trinajstić information content (AvgIpc) is 3.25. The van der Waals surface area contributed by atoms with Gasteiger partial charge in [0.05, 0.1) is 12.0 Å². The number of pyridine rings is 1. The number of hydrogen-bond donors (Lipinski definition) is 1. The first-order valence-electron chi connectivity index (χ1n) is 12.8. The molecule has 0 bridgehead atoms. The number of carbonyl (C=O) groups is 1. The lowest BCUT2D eigenvalue weighted by Crippen LogP contribution is -2.52. The van der Waals surface area contributed by atoms with Crippen LogP contribution >= 0.6 is 11.6 Å². The number of nitrogens with zero attached hydrogens (tertiary/aromatic N) is 4. The number of aromatic nitrogens is 3. The Morgan fingerprint density at radius 2 is 1.81 bits per heavy atom. The number of aliphatic hydroxyl groups is 1. The molecule has 10 heteroatoms. The van der Waals surface area contributed by atoms with Gasteiger partial charge in [0.25, 0.3) is 5.79 Å². The maximum absolute atomic E-state index is 13.0. The van der Waals surface area contributed by atoms with Gasteiger partial charge in [0.2, 0.25) is 0 Å². The van der Waals surface area contributed by atoms with Crippen LogP contribution in [0.15, 0.2) is 42.7 Å². The highest BCUT2D eigenvalue weighted by Gasteiger charge is 2.47. The maximum atomic E-state index is 13.0. The van der Waals surface area contributed by atoms with Crippen molar-refractivity contribution in [2.45, 2.75) is 77.1 Å². The fourth-order valence-corrected chi connectivity index (χ4v) is 5.57. The van der Waals surface area contributed by atoms with Crippen LogP contribution < -0.4 is 0 Å². The molecule has 0 radical (unpaired) electrons. The molecule has 37 heavy (non-hydrogen) atoms. The second-order valence-corrected chi connectivity index (χ2v) is 16.6. The fourth-order valence-electron chi connectivity index (χ4n) is 4.14. The highest BCUT2D eigenvalue weighted by molar-refractivity contribution is 6.74. The van der Waals surface area contributed by atoms with Gasteiger partial charge in [-0.25, -0.2) is 14.8 Å². The van der Waals surface area contributed by atoms with Crippen LogP contribution in [0.1, 0.15) is 53.2 Å². The molecule has 200 valence electrons. The molecule has 4 rings (SSSR count). The molecule has 0 saturated carbocycles. The second-order valence-electron chi connectivity index (χ2n) is 11.4. The Morgan fingerprint density at radius 1 is 1.11 bits per heavy atom. The molecule has 2 atom stereocenters. The number of rotatable bonds is 6. The predicted molar refractivity (Wildman–Crippen MR) is 148 cm³/mol. The molecule has 1 aliphatic heterocycles. The van der Waals surface area contributed by atoms with E-state index < -0.39 is 26.4 Å². The summed E-state index contributed by atoms with van der Waals surface area (Å²) in [5.74, 6) is -1.98. The lowest BCUT2D eigenvalue weighted by molar-refractivity contribution is -0.233. The van der Waals surface area contributed by atoms with Crippen molar-refractivity contribution in [1.82, 2.24) is 19.4 Å². The van der Waals surface area contributed by atoms with Crippen LogP contribution in [0.5, 0.6) is 0 Å². The number of likely N-dealkylation sites (tertiary alicyclic amines) is 1. The molecule has 3 aromatic rings. The van der Waals surface area contributed by atoms with E-state index in [4.69, 9.17) is 25.7 Å². The van der Waals surface area contributed by atoms with E-state index in [2.05, 4.69) is 38.8 Å². The van der Waals surface area contributed by atoms with Crippen molar-refractivity contribution in [1.29, 1.82) is 0 Å². The van der Waals surface area contributed by atoms with E-state index in [0.29, 0.717) is 35.0 Å². The molecule has 1 fully saturated rings. The molecule has 1 saturated heterocycles. The van der Waals surface area contributed by atoms with E-state index in [1.807, 2.05) is 36.4 Å². The molecule has 0 aliphatic carbocycles. The van der Waals surface area contributed by atoms with Crippen molar-refractivity contribution in [2.24, 2.45) is 0 Å². The Labute approximate surface area is 224 Å². The molecule has 1 aliphatic rings. The van der Waals surface area contributed by atoms with Gasteiger partial charge in [0.1, 0.15) is 5.52 Å². The third-order valence-corrected chi connectivity index (χ3v) is 12.0. The van der Waals surface area contributed by atoms with Gasteiger partial charge in [-0.3, -0.25) is 4.57 Å². The van der Waals surface area contributed by atoms with Gasteiger partial charge in [-0.1, -0.05) is 44.5 Å². The molecule has 1 aromatic carbocycles. The zero-order chi connectivity index (χ0) is 27.0. The Morgan fingerprint density at radius 3 is 2.46 bits per heavy atom. The molecular formula is C27H37ClN4O4Si. The van der Waals surface area contributed by atoms with Crippen LogP contribution in [0.2, 0.25) is 23.2 Å². The van der Waals surface area contributed by atoms with Gasteiger partial charge in [-0.2, -0.15) is 0 Å². The largest absolute Gasteiger partial charge is 0.412 e. The van der Waals surface area contributed by atoms with Crippen molar-refractivity contribution in [3.05, 3.63) is 47.7 Å².